The number of ketones is 1. The molecule has 2 heterocycles. The van der Waals surface area contributed by atoms with Gasteiger partial charge in [0.25, 0.3) is 0 Å². The third-order valence-electron chi connectivity index (χ3n) is 5.11. The van der Waals surface area contributed by atoms with Crippen LogP contribution in [0.4, 0.5) is 0 Å². The van der Waals surface area contributed by atoms with Gasteiger partial charge in [0.15, 0.2) is 5.78 Å². The first-order valence-corrected chi connectivity index (χ1v) is 10.5. The van der Waals surface area contributed by atoms with Gasteiger partial charge < -0.3 is 14.8 Å². The molecule has 3 aromatic rings. The highest BCUT2D eigenvalue weighted by Gasteiger charge is 2.25. The van der Waals surface area contributed by atoms with Gasteiger partial charge >= 0.3 is 0 Å². The van der Waals surface area contributed by atoms with Crippen LogP contribution in [0, 0.1) is 0 Å². The van der Waals surface area contributed by atoms with Crippen LogP contribution in [0.2, 0.25) is 0 Å². The lowest BCUT2D eigenvalue weighted by Crippen LogP contribution is -2.34. The third-order valence-corrected chi connectivity index (χ3v) is 6.35. The minimum absolute atomic E-state index is 0.0261. The molecular weight excluding hydrogens is 386 g/mol. The molecule has 29 heavy (non-hydrogen) atoms. The van der Waals surface area contributed by atoms with Crippen LogP contribution >= 0.6 is 11.3 Å². The topological polar surface area (TPSA) is 64.6 Å². The Morgan fingerprint density at radius 1 is 1.21 bits per heavy atom. The monoisotopic (exact) mass is 409 g/mol. The zero-order valence-electron chi connectivity index (χ0n) is 16.5. The first-order valence-electron chi connectivity index (χ1n) is 9.64. The summed E-state index contributed by atoms with van der Waals surface area (Å²) in [5, 5.41) is 5.23. The maximum atomic E-state index is 11.8. The maximum Gasteiger partial charge on any atom is 0.222 e. The average molecular weight is 410 g/mol. The van der Waals surface area contributed by atoms with Crippen LogP contribution in [-0.2, 0) is 16.0 Å². The number of hydrogen-bond acceptors (Lipinski definition) is 5. The molecule has 0 fully saturated rings. The van der Waals surface area contributed by atoms with Crippen molar-refractivity contribution in [3.8, 4) is 16.2 Å². The number of methoxy groups -OCH3 is 1. The van der Waals surface area contributed by atoms with Gasteiger partial charge in [-0.1, -0.05) is 18.2 Å². The summed E-state index contributed by atoms with van der Waals surface area (Å²) < 4.78 is 11.0. The van der Waals surface area contributed by atoms with Crippen LogP contribution in [0.5, 0.6) is 5.75 Å². The smallest absolute Gasteiger partial charge is 0.222 e. The predicted molar refractivity (Wildman–Crippen MR) is 115 cm³/mol. The number of thiophene rings is 1. The predicted octanol–water partition coefficient (Wildman–Crippen LogP) is 4.23. The summed E-state index contributed by atoms with van der Waals surface area (Å²) in [5.74, 6) is 0.954. The van der Waals surface area contributed by atoms with Crippen molar-refractivity contribution >= 4 is 33.8 Å². The number of nitrogens with one attached hydrogen (secondary N) is 1. The molecule has 0 spiro atoms. The molecule has 1 amide bonds. The minimum atomic E-state index is -0.0582. The molecule has 0 bridgehead atoms. The van der Waals surface area contributed by atoms with Crippen molar-refractivity contribution in [1.82, 2.24) is 5.32 Å². The molecule has 0 saturated carbocycles. The van der Waals surface area contributed by atoms with Crippen molar-refractivity contribution in [1.29, 1.82) is 0 Å². The lowest BCUT2D eigenvalue weighted by atomic mass is 9.98. The van der Waals surface area contributed by atoms with E-state index in [0.29, 0.717) is 19.6 Å². The Morgan fingerprint density at radius 2 is 2.07 bits per heavy atom. The standard InChI is InChI=1S/C23H23NO4S/c1-14(25)21-7-8-22(29-21)16-3-5-18-15(11-16)4-6-20-19(18)12-17(28-20)13-24-23(26)9-10-27-2/h3-8,11,17H,9-10,12-13H2,1-2H3,(H,24,26). The van der Waals surface area contributed by atoms with E-state index in [-0.39, 0.29) is 17.8 Å². The van der Waals surface area contributed by atoms with Crippen LogP contribution in [-0.4, -0.2) is 38.1 Å². The lowest BCUT2D eigenvalue weighted by Gasteiger charge is -2.11. The number of ether oxygens (including phenoxy) is 2. The van der Waals surface area contributed by atoms with Gasteiger partial charge in [0, 0.05) is 30.4 Å². The molecule has 2 aromatic carbocycles. The van der Waals surface area contributed by atoms with Crippen LogP contribution in [0.1, 0.15) is 28.6 Å². The van der Waals surface area contributed by atoms with Gasteiger partial charge in [-0.2, -0.15) is 0 Å². The third kappa shape index (κ3) is 4.18. The van der Waals surface area contributed by atoms with Crippen LogP contribution in [0.3, 0.4) is 0 Å². The summed E-state index contributed by atoms with van der Waals surface area (Å²) in [6.07, 6.45) is 1.07. The molecular formula is C23H23NO4S. The molecule has 6 heteroatoms. The number of Topliss-reactive ketones (excluding diaryl/α,β-unsaturated/α-hetero) is 1. The molecule has 1 aliphatic heterocycles. The molecule has 0 radical (unpaired) electrons. The Bertz CT molecular complexity index is 1070. The summed E-state index contributed by atoms with van der Waals surface area (Å²) >= 11 is 1.52. The second kappa shape index (κ2) is 8.35. The highest BCUT2D eigenvalue weighted by molar-refractivity contribution is 7.17. The number of carbonyl (C=O) groups is 2. The fraction of sp³-hybridized carbons (Fsp3) is 0.304. The summed E-state index contributed by atoms with van der Waals surface area (Å²) in [6.45, 7) is 2.50. The molecule has 1 unspecified atom stereocenters. The summed E-state index contributed by atoms with van der Waals surface area (Å²) in [7, 11) is 1.58. The van der Waals surface area contributed by atoms with E-state index >= 15 is 0 Å². The van der Waals surface area contributed by atoms with Gasteiger partial charge in [-0.15, -0.1) is 11.3 Å². The van der Waals surface area contributed by atoms with E-state index < -0.39 is 0 Å². The average Bonchev–Trinajstić information content (AvgIpc) is 3.37. The van der Waals surface area contributed by atoms with E-state index in [9.17, 15) is 9.59 Å². The van der Waals surface area contributed by atoms with Crippen LogP contribution < -0.4 is 10.1 Å². The summed E-state index contributed by atoms with van der Waals surface area (Å²) in [4.78, 5) is 25.2. The fourth-order valence-electron chi connectivity index (χ4n) is 3.60. The van der Waals surface area contributed by atoms with Crippen molar-refractivity contribution in [2.45, 2.75) is 25.9 Å². The first-order chi connectivity index (χ1) is 14.0. The number of amides is 1. The normalized spacial score (nSPS) is 15.2. The number of rotatable bonds is 7. The van der Waals surface area contributed by atoms with Gasteiger partial charge in [0.05, 0.1) is 18.0 Å². The van der Waals surface area contributed by atoms with E-state index in [1.807, 2.05) is 18.2 Å². The molecule has 1 aliphatic rings. The molecule has 0 saturated heterocycles. The fourth-order valence-corrected chi connectivity index (χ4v) is 4.50. The molecule has 0 aliphatic carbocycles. The molecule has 1 atom stereocenters. The van der Waals surface area contributed by atoms with Crippen molar-refractivity contribution in [3.63, 3.8) is 0 Å². The van der Waals surface area contributed by atoms with E-state index in [1.54, 1.807) is 14.0 Å². The highest BCUT2D eigenvalue weighted by atomic mass is 32.1. The van der Waals surface area contributed by atoms with Crippen molar-refractivity contribution in [2.24, 2.45) is 0 Å². The Balaban J connectivity index is 1.51. The first kappa shape index (κ1) is 19.6. The minimum Gasteiger partial charge on any atom is -0.488 e. The summed E-state index contributed by atoms with van der Waals surface area (Å²) in [5.41, 5.74) is 2.29. The van der Waals surface area contributed by atoms with Crippen LogP contribution in [0.25, 0.3) is 21.2 Å². The van der Waals surface area contributed by atoms with Gasteiger partial charge in [-0.25, -0.2) is 0 Å². The largest absolute Gasteiger partial charge is 0.488 e. The quantitative estimate of drug-likeness (QED) is 0.593. The lowest BCUT2D eigenvalue weighted by molar-refractivity contribution is -0.122. The summed E-state index contributed by atoms with van der Waals surface area (Å²) in [6, 6.07) is 14.3. The van der Waals surface area contributed by atoms with Gasteiger partial charge in [-0.05, 0) is 47.5 Å². The Hall–Kier alpha value is -2.70. The zero-order valence-corrected chi connectivity index (χ0v) is 17.3. The van der Waals surface area contributed by atoms with Crippen LogP contribution in [0.15, 0.2) is 42.5 Å². The van der Waals surface area contributed by atoms with E-state index in [2.05, 4.69) is 29.6 Å². The van der Waals surface area contributed by atoms with Crippen molar-refractivity contribution in [2.75, 3.05) is 20.3 Å². The SMILES string of the molecule is COCCC(=O)NCC1Cc2c(ccc3cc(-c4ccc(C(C)=O)s4)ccc23)O1. The Morgan fingerprint density at radius 3 is 2.83 bits per heavy atom. The molecule has 1 N–H and O–H groups in total. The second-order valence-electron chi connectivity index (χ2n) is 7.19. The molecule has 4 rings (SSSR count). The number of hydrogen-bond donors (Lipinski definition) is 1. The van der Waals surface area contributed by atoms with Gasteiger partial charge in [0.2, 0.25) is 5.91 Å². The Kier molecular flexibility index (Phi) is 5.65. The molecule has 150 valence electrons. The maximum absolute atomic E-state index is 11.8. The second-order valence-corrected chi connectivity index (χ2v) is 8.27. The van der Waals surface area contributed by atoms with E-state index in [4.69, 9.17) is 9.47 Å². The number of carbonyl (C=O) groups excluding carboxylic acids is 2. The van der Waals surface area contributed by atoms with Gasteiger partial charge in [-0.3, -0.25) is 9.59 Å². The highest BCUT2D eigenvalue weighted by Crippen LogP contribution is 2.37. The molecule has 1 aromatic heterocycles. The number of benzene rings is 2. The zero-order chi connectivity index (χ0) is 20.4. The van der Waals surface area contributed by atoms with Crippen molar-refractivity contribution < 1.29 is 19.1 Å². The van der Waals surface area contributed by atoms with E-state index in [1.165, 1.54) is 22.3 Å². The van der Waals surface area contributed by atoms with Crippen molar-refractivity contribution in [3.05, 3.63) is 52.9 Å². The molecule has 5 nitrogen and oxygen atoms in total. The van der Waals surface area contributed by atoms with E-state index in [0.717, 1.165) is 32.9 Å². The number of fused-ring (bicyclic) bond motifs is 3. The Labute approximate surface area is 173 Å². The van der Waals surface area contributed by atoms with Gasteiger partial charge in [0.1, 0.15) is 11.9 Å².